The van der Waals surface area contributed by atoms with E-state index in [4.69, 9.17) is 10.5 Å². The minimum absolute atomic E-state index is 0.788. The third kappa shape index (κ3) is 2.81. The smallest absolute Gasteiger partial charge is 0.126 e. The molecule has 4 heteroatoms. The van der Waals surface area contributed by atoms with Crippen LogP contribution in [0.4, 0.5) is 5.69 Å². The van der Waals surface area contributed by atoms with Crippen LogP contribution in [0.5, 0.6) is 5.75 Å². The lowest BCUT2D eigenvalue weighted by Crippen LogP contribution is -1.93. The number of ether oxygens (including phenoxy) is 1. The van der Waals surface area contributed by atoms with Gasteiger partial charge in [0.15, 0.2) is 0 Å². The highest BCUT2D eigenvalue weighted by Gasteiger charge is 2.17. The molecule has 0 amide bonds. The van der Waals surface area contributed by atoms with Gasteiger partial charge in [-0.1, -0.05) is 22.0 Å². The summed E-state index contributed by atoms with van der Waals surface area (Å²) in [5.41, 5.74) is 10.6. The first-order chi connectivity index (χ1) is 9.63. The minimum Gasteiger partial charge on any atom is -0.493 e. The van der Waals surface area contributed by atoms with Crippen molar-refractivity contribution >= 4 is 33.4 Å². The van der Waals surface area contributed by atoms with Crippen LogP contribution < -0.4 is 10.5 Å². The summed E-state index contributed by atoms with van der Waals surface area (Å²) in [6, 6.07) is 10.4. The second kappa shape index (κ2) is 5.70. The van der Waals surface area contributed by atoms with Gasteiger partial charge in [-0.05, 0) is 42.3 Å². The summed E-state index contributed by atoms with van der Waals surface area (Å²) in [5.74, 6) is 1.93. The zero-order chi connectivity index (χ0) is 14.1. The summed E-state index contributed by atoms with van der Waals surface area (Å²) in [4.78, 5) is 1.14. The molecule has 0 spiro atoms. The van der Waals surface area contributed by atoms with E-state index in [1.54, 1.807) is 11.8 Å². The van der Waals surface area contributed by atoms with Crippen LogP contribution in [-0.4, -0.2) is 6.61 Å². The fourth-order valence-corrected chi connectivity index (χ4v) is 3.96. The normalized spacial score (nSPS) is 13.1. The second-order valence-electron chi connectivity index (χ2n) is 4.98. The Morgan fingerprint density at radius 2 is 2.15 bits per heavy atom. The van der Waals surface area contributed by atoms with Gasteiger partial charge in [-0.25, -0.2) is 0 Å². The first-order valence-electron chi connectivity index (χ1n) is 6.56. The summed E-state index contributed by atoms with van der Waals surface area (Å²) in [5, 5.41) is 0. The maximum Gasteiger partial charge on any atom is 0.126 e. The Hall–Kier alpha value is -1.13. The van der Waals surface area contributed by atoms with Gasteiger partial charge in [0.2, 0.25) is 0 Å². The Labute approximate surface area is 131 Å². The van der Waals surface area contributed by atoms with Gasteiger partial charge in [-0.2, -0.15) is 0 Å². The summed E-state index contributed by atoms with van der Waals surface area (Å²) in [6.45, 7) is 2.87. The van der Waals surface area contributed by atoms with Crippen LogP contribution in [0.25, 0.3) is 0 Å². The molecule has 0 aliphatic carbocycles. The van der Waals surface area contributed by atoms with Crippen molar-refractivity contribution in [2.75, 3.05) is 12.3 Å². The van der Waals surface area contributed by atoms with Gasteiger partial charge in [0, 0.05) is 32.8 Å². The number of nitrogens with two attached hydrogens (primary N) is 1. The molecule has 1 aliphatic rings. The van der Waals surface area contributed by atoms with Crippen molar-refractivity contribution in [3.8, 4) is 5.75 Å². The monoisotopic (exact) mass is 349 g/mol. The number of rotatable bonds is 3. The summed E-state index contributed by atoms with van der Waals surface area (Å²) >= 11 is 5.34. The van der Waals surface area contributed by atoms with E-state index in [1.807, 2.05) is 12.1 Å². The van der Waals surface area contributed by atoms with Crippen molar-refractivity contribution in [3.63, 3.8) is 0 Å². The molecule has 20 heavy (non-hydrogen) atoms. The molecule has 0 saturated carbocycles. The third-order valence-electron chi connectivity index (χ3n) is 3.38. The van der Waals surface area contributed by atoms with Crippen molar-refractivity contribution in [2.24, 2.45) is 0 Å². The molecular formula is C16H16BrNOS. The van der Waals surface area contributed by atoms with Gasteiger partial charge in [-0.15, -0.1) is 11.8 Å². The predicted octanol–water partition coefficient (Wildman–Crippen LogP) is 4.57. The molecule has 104 valence electrons. The summed E-state index contributed by atoms with van der Waals surface area (Å²) in [6.07, 6.45) is 0.999. The van der Waals surface area contributed by atoms with Crippen molar-refractivity contribution in [1.82, 2.24) is 0 Å². The highest BCUT2D eigenvalue weighted by Crippen LogP contribution is 2.37. The zero-order valence-corrected chi connectivity index (χ0v) is 13.7. The molecule has 2 nitrogen and oxygen atoms in total. The van der Waals surface area contributed by atoms with Crippen molar-refractivity contribution in [3.05, 3.63) is 51.5 Å². The van der Waals surface area contributed by atoms with E-state index in [-0.39, 0.29) is 0 Å². The lowest BCUT2D eigenvalue weighted by molar-refractivity contribution is 0.354. The third-order valence-corrected chi connectivity index (χ3v) is 4.96. The number of nitrogen functional groups attached to an aromatic ring is 1. The number of aryl methyl sites for hydroxylation is 1. The van der Waals surface area contributed by atoms with E-state index >= 15 is 0 Å². The van der Waals surface area contributed by atoms with Crippen molar-refractivity contribution < 1.29 is 4.74 Å². The van der Waals surface area contributed by atoms with Crippen LogP contribution in [0.3, 0.4) is 0 Å². The molecule has 0 bridgehead atoms. The molecule has 1 heterocycles. The molecule has 0 aromatic heterocycles. The Morgan fingerprint density at radius 1 is 1.30 bits per heavy atom. The van der Waals surface area contributed by atoms with Gasteiger partial charge in [0.05, 0.1) is 6.61 Å². The number of hydrogen-bond donors (Lipinski definition) is 1. The Morgan fingerprint density at radius 3 is 3.00 bits per heavy atom. The van der Waals surface area contributed by atoms with Gasteiger partial charge in [0.25, 0.3) is 0 Å². The van der Waals surface area contributed by atoms with Crippen molar-refractivity contribution in [1.29, 1.82) is 0 Å². The van der Waals surface area contributed by atoms with Crippen LogP contribution in [0, 0.1) is 6.92 Å². The summed E-state index contributed by atoms with van der Waals surface area (Å²) < 4.78 is 6.88. The molecule has 2 aromatic rings. The van der Waals surface area contributed by atoms with Crippen LogP contribution in [0.2, 0.25) is 0 Å². The highest BCUT2D eigenvalue weighted by atomic mass is 79.9. The number of fused-ring (bicyclic) bond motifs is 1. The molecule has 0 radical (unpaired) electrons. The molecule has 2 aromatic carbocycles. The SMILES string of the molecule is Cc1ccc(N)c(SCc2cc(Br)cc3c2OCC3)c1. The fourth-order valence-electron chi connectivity index (χ4n) is 2.38. The molecular weight excluding hydrogens is 334 g/mol. The Bertz CT molecular complexity index is 657. The first-order valence-corrected chi connectivity index (χ1v) is 8.34. The molecule has 2 N–H and O–H groups in total. The maximum atomic E-state index is 6.03. The van der Waals surface area contributed by atoms with E-state index in [9.17, 15) is 0 Å². The number of thioether (sulfide) groups is 1. The molecule has 0 unspecified atom stereocenters. The lowest BCUT2D eigenvalue weighted by Gasteiger charge is -2.10. The first kappa shape index (κ1) is 13.8. The Balaban J connectivity index is 1.84. The van der Waals surface area contributed by atoms with E-state index in [2.05, 4.69) is 41.1 Å². The van der Waals surface area contributed by atoms with E-state index in [0.717, 1.165) is 39.6 Å². The highest BCUT2D eigenvalue weighted by molar-refractivity contribution is 9.10. The van der Waals surface area contributed by atoms with Crippen molar-refractivity contribution in [2.45, 2.75) is 24.0 Å². The van der Waals surface area contributed by atoms with E-state index in [1.165, 1.54) is 16.7 Å². The second-order valence-corrected chi connectivity index (χ2v) is 6.91. The molecule has 0 atom stereocenters. The average molecular weight is 350 g/mol. The number of anilines is 1. The topological polar surface area (TPSA) is 35.2 Å². The van der Waals surface area contributed by atoms with E-state index in [0.29, 0.717) is 0 Å². The molecule has 0 fully saturated rings. The van der Waals surface area contributed by atoms with Gasteiger partial charge >= 0.3 is 0 Å². The van der Waals surface area contributed by atoms with E-state index < -0.39 is 0 Å². The molecule has 3 rings (SSSR count). The molecule has 0 saturated heterocycles. The zero-order valence-electron chi connectivity index (χ0n) is 11.3. The number of hydrogen-bond acceptors (Lipinski definition) is 3. The van der Waals surface area contributed by atoms with Gasteiger partial charge < -0.3 is 10.5 Å². The fraction of sp³-hybridized carbons (Fsp3) is 0.250. The standard InChI is InChI=1S/C16H16BrNOS/c1-10-2-3-14(18)15(6-10)20-9-12-8-13(17)7-11-4-5-19-16(11)12/h2-3,6-8H,4-5,9,18H2,1H3. The Kier molecular flexibility index (Phi) is 3.94. The predicted molar refractivity (Wildman–Crippen MR) is 88.5 cm³/mol. The van der Waals surface area contributed by atoms with Crippen LogP contribution in [0.1, 0.15) is 16.7 Å². The minimum atomic E-state index is 0.788. The molecule has 1 aliphatic heterocycles. The van der Waals surface area contributed by atoms with Crippen LogP contribution in [0.15, 0.2) is 39.7 Å². The van der Waals surface area contributed by atoms with Gasteiger partial charge in [-0.3, -0.25) is 0 Å². The number of halogens is 1. The van der Waals surface area contributed by atoms with Gasteiger partial charge in [0.1, 0.15) is 5.75 Å². The average Bonchev–Trinajstić information content (AvgIpc) is 2.87. The number of benzene rings is 2. The summed E-state index contributed by atoms with van der Waals surface area (Å²) in [7, 11) is 0. The van der Waals surface area contributed by atoms with Crippen LogP contribution >= 0.6 is 27.7 Å². The largest absolute Gasteiger partial charge is 0.493 e. The van der Waals surface area contributed by atoms with Crippen LogP contribution in [-0.2, 0) is 12.2 Å². The maximum absolute atomic E-state index is 6.03. The lowest BCUT2D eigenvalue weighted by atomic mass is 10.1. The quantitative estimate of drug-likeness (QED) is 0.651.